The van der Waals surface area contributed by atoms with E-state index in [1.165, 1.54) is 5.56 Å². The average Bonchev–Trinajstić information content (AvgIpc) is 2.93. The van der Waals surface area contributed by atoms with Gasteiger partial charge < -0.3 is 10.6 Å². The standard InChI is InChI=1S/C21H23N3O3S/c1-21(17-10-6-3-7-11-17)19(26)24(20(27)23-21)14-18(25)22-12-13-28-15-16-8-4-2-5-9-16/h2-11H,12-15H2,1H3,(H,22,25)(H,23,27)/t21-/m1/s1. The summed E-state index contributed by atoms with van der Waals surface area (Å²) < 4.78 is 0. The van der Waals surface area contributed by atoms with E-state index in [2.05, 4.69) is 22.8 Å². The molecule has 0 aliphatic carbocycles. The monoisotopic (exact) mass is 397 g/mol. The number of urea groups is 1. The van der Waals surface area contributed by atoms with Gasteiger partial charge in [0.25, 0.3) is 5.91 Å². The molecule has 1 aliphatic heterocycles. The molecule has 28 heavy (non-hydrogen) atoms. The summed E-state index contributed by atoms with van der Waals surface area (Å²) in [5.74, 6) is 0.861. The molecule has 3 rings (SSSR count). The van der Waals surface area contributed by atoms with Gasteiger partial charge in [-0.25, -0.2) is 4.79 Å². The Morgan fingerprint density at radius 1 is 1.07 bits per heavy atom. The van der Waals surface area contributed by atoms with Crippen LogP contribution in [-0.4, -0.2) is 41.6 Å². The first kappa shape index (κ1) is 19.9. The molecular formula is C21H23N3O3S. The van der Waals surface area contributed by atoms with Gasteiger partial charge in [0.2, 0.25) is 5.91 Å². The number of rotatable bonds is 8. The summed E-state index contributed by atoms with van der Waals surface area (Å²) in [6, 6.07) is 18.6. The summed E-state index contributed by atoms with van der Waals surface area (Å²) in [5, 5.41) is 5.47. The van der Waals surface area contributed by atoms with Crippen molar-refractivity contribution >= 4 is 29.6 Å². The third-order valence-electron chi connectivity index (χ3n) is 4.61. The molecule has 1 aliphatic rings. The second-order valence-electron chi connectivity index (χ2n) is 6.70. The maximum atomic E-state index is 12.8. The van der Waals surface area contributed by atoms with Gasteiger partial charge in [-0.15, -0.1) is 0 Å². The smallest absolute Gasteiger partial charge is 0.325 e. The number of hydrogen-bond donors (Lipinski definition) is 2. The lowest BCUT2D eigenvalue weighted by Crippen LogP contribution is -2.43. The van der Waals surface area contributed by atoms with Gasteiger partial charge in [0, 0.05) is 18.1 Å². The maximum absolute atomic E-state index is 12.8. The predicted octanol–water partition coefficient (Wildman–Crippen LogP) is 2.50. The molecule has 1 fully saturated rings. The Kier molecular flexibility index (Phi) is 6.36. The van der Waals surface area contributed by atoms with E-state index in [1.54, 1.807) is 30.8 Å². The van der Waals surface area contributed by atoms with Crippen molar-refractivity contribution in [2.24, 2.45) is 0 Å². The number of imide groups is 1. The minimum absolute atomic E-state index is 0.281. The van der Waals surface area contributed by atoms with E-state index >= 15 is 0 Å². The molecule has 4 amide bonds. The molecule has 2 aromatic rings. The van der Waals surface area contributed by atoms with Crippen LogP contribution in [-0.2, 0) is 20.9 Å². The lowest BCUT2D eigenvalue weighted by molar-refractivity contribution is -0.134. The highest BCUT2D eigenvalue weighted by Crippen LogP contribution is 2.28. The third kappa shape index (κ3) is 4.54. The van der Waals surface area contributed by atoms with Crippen molar-refractivity contribution < 1.29 is 14.4 Å². The van der Waals surface area contributed by atoms with Gasteiger partial charge in [0.1, 0.15) is 12.1 Å². The van der Waals surface area contributed by atoms with Crippen molar-refractivity contribution in [3.05, 3.63) is 71.8 Å². The van der Waals surface area contributed by atoms with E-state index in [1.807, 2.05) is 36.4 Å². The van der Waals surface area contributed by atoms with E-state index in [-0.39, 0.29) is 12.5 Å². The molecule has 7 heteroatoms. The van der Waals surface area contributed by atoms with Crippen LogP contribution in [0.5, 0.6) is 0 Å². The molecule has 1 atom stereocenters. The highest BCUT2D eigenvalue weighted by atomic mass is 32.2. The number of carbonyl (C=O) groups excluding carboxylic acids is 3. The van der Waals surface area contributed by atoms with Crippen molar-refractivity contribution in [3.63, 3.8) is 0 Å². The number of nitrogens with one attached hydrogen (secondary N) is 2. The molecule has 2 N–H and O–H groups in total. The van der Waals surface area contributed by atoms with Crippen molar-refractivity contribution in [1.29, 1.82) is 0 Å². The van der Waals surface area contributed by atoms with Gasteiger partial charge in [-0.05, 0) is 18.1 Å². The molecule has 1 saturated heterocycles. The molecule has 0 unspecified atom stereocenters. The van der Waals surface area contributed by atoms with E-state index < -0.39 is 17.5 Å². The fourth-order valence-corrected chi connectivity index (χ4v) is 3.85. The number of nitrogens with zero attached hydrogens (tertiary/aromatic N) is 1. The van der Waals surface area contributed by atoms with Crippen LogP contribution in [0, 0.1) is 0 Å². The molecule has 0 aromatic heterocycles. The zero-order valence-corrected chi connectivity index (χ0v) is 16.5. The number of carbonyl (C=O) groups is 3. The Morgan fingerprint density at radius 2 is 1.71 bits per heavy atom. The average molecular weight is 398 g/mol. The summed E-state index contributed by atoms with van der Waals surface area (Å²) in [4.78, 5) is 38.2. The lowest BCUT2D eigenvalue weighted by Gasteiger charge is -2.22. The molecule has 0 bridgehead atoms. The minimum atomic E-state index is -1.15. The Labute approximate surface area is 168 Å². The van der Waals surface area contributed by atoms with Gasteiger partial charge in [-0.3, -0.25) is 14.5 Å². The van der Waals surface area contributed by atoms with Crippen molar-refractivity contribution in [2.45, 2.75) is 18.2 Å². The van der Waals surface area contributed by atoms with Crippen LogP contribution in [0.2, 0.25) is 0 Å². The fraction of sp³-hybridized carbons (Fsp3) is 0.286. The van der Waals surface area contributed by atoms with Crippen LogP contribution in [0.3, 0.4) is 0 Å². The van der Waals surface area contributed by atoms with Gasteiger partial charge in [0.15, 0.2) is 0 Å². The SMILES string of the molecule is C[C@]1(c2ccccc2)NC(=O)N(CC(=O)NCCSCc2ccccc2)C1=O. The largest absolute Gasteiger partial charge is 0.354 e. The van der Waals surface area contributed by atoms with E-state index in [4.69, 9.17) is 0 Å². The normalized spacial score (nSPS) is 18.8. The van der Waals surface area contributed by atoms with E-state index in [0.717, 1.165) is 16.4 Å². The van der Waals surface area contributed by atoms with Gasteiger partial charge in [0.05, 0.1) is 0 Å². The molecule has 0 radical (unpaired) electrons. The second kappa shape index (κ2) is 8.93. The first-order valence-corrected chi connectivity index (χ1v) is 10.2. The minimum Gasteiger partial charge on any atom is -0.354 e. The van der Waals surface area contributed by atoms with Crippen molar-refractivity contribution in [3.8, 4) is 0 Å². The molecule has 2 aromatic carbocycles. The highest BCUT2D eigenvalue weighted by Gasteiger charge is 2.49. The van der Waals surface area contributed by atoms with Crippen LogP contribution in [0.1, 0.15) is 18.1 Å². The Bertz CT molecular complexity index is 844. The Hall–Kier alpha value is -2.80. The summed E-state index contributed by atoms with van der Waals surface area (Å²) in [5.41, 5.74) is 0.774. The zero-order valence-electron chi connectivity index (χ0n) is 15.7. The predicted molar refractivity (Wildman–Crippen MR) is 110 cm³/mol. The third-order valence-corrected chi connectivity index (χ3v) is 5.64. The Morgan fingerprint density at radius 3 is 2.39 bits per heavy atom. The quantitative estimate of drug-likeness (QED) is 0.530. The molecule has 1 heterocycles. The highest BCUT2D eigenvalue weighted by molar-refractivity contribution is 7.98. The second-order valence-corrected chi connectivity index (χ2v) is 7.81. The molecule has 0 spiro atoms. The van der Waals surface area contributed by atoms with Crippen molar-refractivity contribution in [2.75, 3.05) is 18.8 Å². The van der Waals surface area contributed by atoms with E-state index in [0.29, 0.717) is 12.1 Å². The Balaban J connectivity index is 1.46. The van der Waals surface area contributed by atoms with Crippen LogP contribution in [0.15, 0.2) is 60.7 Å². The van der Waals surface area contributed by atoms with Crippen LogP contribution in [0.4, 0.5) is 4.79 Å². The van der Waals surface area contributed by atoms with Gasteiger partial charge >= 0.3 is 6.03 Å². The number of hydrogen-bond acceptors (Lipinski definition) is 4. The summed E-state index contributed by atoms with van der Waals surface area (Å²) >= 11 is 1.71. The maximum Gasteiger partial charge on any atom is 0.325 e. The van der Waals surface area contributed by atoms with Gasteiger partial charge in [-0.1, -0.05) is 60.7 Å². The van der Waals surface area contributed by atoms with Crippen LogP contribution in [0.25, 0.3) is 0 Å². The molecule has 0 saturated carbocycles. The topological polar surface area (TPSA) is 78.5 Å². The lowest BCUT2D eigenvalue weighted by atomic mass is 9.92. The van der Waals surface area contributed by atoms with Gasteiger partial charge in [-0.2, -0.15) is 11.8 Å². The zero-order chi connectivity index (χ0) is 20.0. The van der Waals surface area contributed by atoms with E-state index in [9.17, 15) is 14.4 Å². The first-order valence-electron chi connectivity index (χ1n) is 9.09. The summed E-state index contributed by atoms with van der Waals surface area (Å²) in [7, 11) is 0. The fourth-order valence-electron chi connectivity index (χ4n) is 3.03. The molecule has 146 valence electrons. The summed E-state index contributed by atoms with van der Waals surface area (Å²) in [6.07, 6.45) is 0. The molecule has 6 nitrogen and oxygen atoms in total. The first-order chi connectivity index (χ1) is 13.5. The summed E-state index contributed by atoms with van der Waals surface area (Å²) in [6.45, 7) is 1.85. The van der Waals surface area contributed by atoms with Crippen molar-refractivity contribution in [1.82, 2.24) is 15.5 Å². The molecular weight excluding hydrogens is 374 g/mol. The van der Waals surface area contributed by atoms with Crippen LogP contribution < -0.4 is 10.6 Å². The number of amides is 4. The number of thioether (sulfide) groups is 1. The number of benzene rings is 2. The van der Waals surface area contributed by atoms with Crippen LogP contribution >= 0.6 is 11.8 Å².